The molecule has 1 aromatic carbocycles. The monoisotopic (exact) mass is 152 g/mol. The first kappa shape index (κ1) is 10.2. The van der Waals surface area contributed by atoms with E-state index in [1.54, 1.807) is 7.11 Å². The van der Waals surface area contributed by atoms with E-state index in [2.05, 4.69) is 6.92 Å². The smallest absolute Gasteiger partial charge is 0.0459 e. The van der Waals surface area contributed by atoms with Crippen molar-refractivity contribution in [2.45, 2.75) is 13.3 Å². The van der Waals surface area contributed by atoms with Crippen molar-refractivity contribution in [2.75, 3.05) is 13.7 Å². The molecule has 0 saturated heterocycles. The number of benzene rings is 1. The van der Waals surface area contributed by atoms with Crippen molar-refractivity contribution in [1.82, 2.24) is 0 Å². The summed E-state index contributed by atoms with van der Waals surface area (Å²) in [4.78, 5) is 0. The summed E-state index contributed by atoms with van der Waals surface area (Å²) in [6.07, 6.45) is 1.12. The van der Waals surface area contributed by atoms with Gasteiger partial charge in [0.15, 0.2) is 0 Å². The van der Waals surface area contributed by atoms with Crippen LogP contribution in [0.25, 0.3) is 0 Å². The van der Waals surface area contributed by atoms with E-state index in [0.29, 0.717) is 0 Å². The molecule has 1 rings (SSSR count). The Bertz CT molecular complexity index is 108. The molecule has 1 aromatic rings. The molecular weight excluding hydrogens is 136 g/mol. The summed E-state index contributed by atoms with van der Waals surface area (Å²) in [6.45, 7) is 2.98. The summed E-state index contributed by atoms with van der Waals surface area (Å²) in [7, 11) is 1.71. The number of hydrogen-bond acceptors (Lipinski definition) is 1. The molecule has 0 N–H and O–H groups in total. The molecule has 0 fully saturated rings. The Morgan fingerprint density at radius 2 is 1.27 bits per heavy atom. The second kappa shape index (κ2) is 9.18. The van der Waals surface area contributed by atoms with Gasteiger partial charge in [-0.3, -0.25) is 0 Å². The Morgan fingerprint density at radius 3 is 1.36 bits per heavy atom. The van der Waals surface area contributed by atoms with Crippen LogP contribution in [0.5, 0.6) is 0 Å². The van der Waals surface area contributed by atoms with Gasteiger partial charge in [-0.1, -0.05) is 43.3 Å². The zero-order valence-corrected chi connectivity index (χ0v) is 7.29. The average Bonchev–Trinajstić information content (AvgIpc) is 2.10. The van der Waals surface area contributed by atoms with Crippen LogP contribution in [0.1, 0.15) is 13.3 Å². The topological polar surface area (TPSA) is 9.23 Å². The zero-order chi connectivity index (χ0) is 8.36. The minimum absolute atomic E-state index is 0.889. The zero-order valence-electron chi connectivity index (χ0n) is 7.29. The molecule has 0 aliphatic carbocycles. The molecule has 0 heterocycles. The molecule has 0 bridgehead atoms. The minimum atomic E-state index is 0.889. The largest absolute Gasteiger partial charge is 0.385 e. The van der Waals surface area contributed by atoms with Crippen molar-refractivity contribution in [2.24, 2.45) is 0 Å². The quantitative estimate of drug-likeness (QED) is 0.633. The third kappa shape index (κ3) is 9.18. The SMILES string of the molecule is CCCOC.c1ccccc1. The van der Waals surface area contributed by atoms with Crippen LogP contribution in [0.15, 0.2) is 36.4 Å². The molecule has 0 aliphatic rings. The van der Waals surface area contributed by atoms with Gasteiger partial charge >= 0.3 is 0 Å². The molecule has 0 aromatic heterocycles. The second-order valence-corrected chi connectivity index (χ2v) is 2.15. The van der Waals surface area contributed by atoms with Gasteiger partial charge in [-0.15, -0.1) is 0 Å². The maximum absolute atomic E-state index is 4.69. The molecule has 0 radical (unpaired) electrons. The van der Waals surface area contributed by atoms with Crippen LogP contribution < -0.4 is 0 Å². The Labute approximate surface area is 69.0 Å². The molecule has 0 atom stereocenters. The Balaban J connectivity index is 0.000000187. The lowest BCUT2D eigenvalue weighted by Crippen LogP contribution is -1.80. The van der Waals surface area contributed by atoms with Crippen LogP contribution in [-0.4, -0.2) is 13.7 Å². The first-order chi connectivity index (χ1) is 5.41. The second-order valence-electron chi connectivity index (χ2n) is 2.15. The van der Waals surface area contributed by atoms with Crippen LogP contribution in [-0.2, 0) is 4.74 Å². The van der Waals surface area contributed by atoms with E-state index in [1.165, 1.54) is 0 Å². The van der Waals surface area contributed by atoms with Crippen LogP contribution in [0.3, 0.4) is 0 Å². The number of methoxy groups -OCH3 is 1. The molecule has 62 valence electrons. The van der Waals surface area contributed by atoms with E-state index in [0.717, 1.165) is 13.0 Å². The molecule has 1 nitrogen and oxygen atoms in total. The molecule has 0 aliphatic heterocycles. The third-order valence-corrected chi connectivity index (χ3v) is 1.07. The van der Waals surface area contributed by atoms with Gasteiger partial charge in [0, 0.05) is 13.7 Å². The van der Waals surface area contributed by atoms with E-state index >= 15 is 0 Å². The summed E-state index contributed by atoms with van der Waals surface area (Å²) < 4.78 is 4.69. The third-order valence-electron chi connectivity index (χ3n) is 1.07. The highest BCUT2D eigenvalue weighted by Crippen LogP contribution is 1.79. The summed E-state index contributed by atoms with van der Waals surface area (Å²) in [5.41, 5.74) is 0. The van der Waals surface area contributed by atoms with Gasteiger partial charge in [0.1, 0.15) is 0 Å². The average molecular weight is 152 g/mol. The van der Waals surface area contributed by atoms with Gasteiger partial charge in [-0.05, 0) is 6.42 Å². The Morgan fingerprint density at radius 1 is 0.909 bits per heavy atom. The fourth-order valence-electron chi connectivity index (χ4n) is 0.589. The lowest BCUT2D eigenvalue weighted by atomic mass is 10.4. The lowest BCUT2D eigenvalue weighted by molar-refractivity contribution is 0.199. The van der Waals surface area contributed by atoms with E-state index < -0.39 is 0 Å². The van der Waals surface area contributed by atoms with Crippen molar-refractivity contribution in [3.63, 3.8) is 0 Å². The highest BCUT2D eigenvalue weighted by atomic mass is 16.5. The van der Waals surface area contributed by atoms with Crippen LogP contribution in [0, 0.1) is 0 Å². The first-order valence-corrected chi connectivity index (χ1v) is 3.90. The predicted molar refractivity (Wildman–Crippen MR) is 48.6 cm³/mol. The Hall–Kier alpha value is -0.820. The molecule has 1 heteroatoms. The highest BCUT2D eigenvalue weighted by molar-refractivity contribution is 4.99. The summed E-state index contributed by atoms with van der Waals surface area (Å²) in [6, 6.07) is 12.0. The summed E-state index contributed by atoms with van der Waals surface area (Å²) in [5.74, 6) is 0. The van der Waals surface area contributed by atoms with Gasteiger partial charge in [0.05, 0.1) is 0 Å². The standard InChI is InChI=1S/C6H6.C4H10O/c1-2-4-6-5-3-1;1-3-4-5-2/h1-6H;3-4H2,1-2H3. The normalized spacial score (nSPS) is 8.18. The van der Waals surface area contributed by atoms with Gasteiger partial charge in [0.2, 0.25) is 0 Å². The molecule has 0 spiro atoms. The van der Waals surface area contributed by atoms with Crippen LogP contribution in [0.4, 0.5) is 0 Å². The Kier molecular flexibility index (Phi) is 8.50. The summed E-state index contributed by atoms with van der Waals surface area (Å²) in [5, 5.41) is 0. The van der Waals surface area contributed by atoms with E-state index in [-0.39, 0.29) is 0 Å². The van der Waals surface area contributed by atoms with Crippen molar-refractivity contribution < 1.29 is 4.74 Å². The van der Waals surface area contributed by atoms with Gasteiger partial charge in [0.25, 0.3) is 0 Å². The summed E-state index contributed by atoms with van der Waals surface area (Å²) >= 11 is 0. The number of ether oxygens (including phenoxy) is 1. The van der Waals surface area contributed by atoms with E-state index in [9.17, 15) is 0 Å². The van der Waals surface area contributed by atoms with Crippen molar-refractivity contribution in [3.8, 4) is 0 Å². The molecule has 11 heavy (non-hydrogen) atoms. The maximum atomic E-state index is 4.69. The van der Waals surface area contributed by atoms with Crippen LogP contribution in [0.2, 0.25) is 0 Å². The van der Waals surface area contributed by atoms with E-state index in [4.69, 9.17) is 4.74 Å². The van der Waals surface area contributed by atoms with E-state index in [1.807, 2.05) is 36.4 Å². The molecule has 0 amide bonds. The fourth-order valence-corrected chi connectivity index (χ4v) is 0.589. The molecular formula is C10H16O. The van der Waals surface area contributed by atoms with Crippen molar-refractivity contribution in [3.05, 3.63) is 36.4 Å². The number of rotatable bonds is 2. The lowest BCUT2D eigenvalue weighted by Gasteiger charge is -1.84. The van der Waals surface area contributed by atoms with Gasteiger partial charge in [-0.25, -0.2) is 0 Å². The number of hydrogen-bond donors (Lipinski definition) is 0. The van der Waals surface area contributed by atoms with Crippen molar-refractivity contribution >= 4 is 0 Å². The fraction of sp³-hybridized carbons (Fsp3) is 0.400. The minimum Gasteiger partial charge on any atom is -0.385 e. The maximum Gasteiger partial charge on any atom is 0.0459 e. The van der Waals surface area contributed by atoms with Crippen molar-refractivity contribution in [1.29, 1.82) is 0 Å². The van der Waals surface area contributed by atoms with Crippen LogP contribution >= 0.6 is 0 Å². The molecule has 0 saturated carbocycles. The highest BCUT2D eigenvalue weighted by Gasteiger charge is 1.66. The molecule has 0 unspecified atom stereocenters. The first-order valence-electron chi connectivity index (χ1n) is 3.90. The van der Waals surface area contributed by atoms with Gasteiger partial charge in [-0.2, -0.15) is 0 Å². The van der Waals surface area contributed by atoms with Gasteiger partial charge < -0.3 is 4.74 Å². The predicted octanol–water partition coefficient (Wildman–Crippen LogP) is 2.73.